The summed E-state index contributed by atoms with van der Waals surface area (Å²) in [7, 11) is 0. The fourth-order valence-corrected chi connectivity index (χ4v) is 5.77. The van der Waals surface area contributed by atoms with Gasteiger partial charge in [-0.15, -0.1) is 0 Å². The molecule has 0 aromatic heterocycles. The van der Waals surface area contributed by atoms with E-state index in [1.165, 1.54) is 11.1 Å². The summed E-state index contributed by atoms with van der Waals surface area (Å²) in [6.07, 6.45) is 4.34. The smallest absolute Gasteiger partial charge is 0.0838 e. The Morgan fingerprint density at radius 1 is 0.614 bits per heavy atom. The lowest BCUT2D eigenvalue weighted by atomic mass is 9.94. The molecule has 6 nitrogen and oxygen atoms in total. The third-order valence-electron chi connectivity index (χ3n) is 10.1. The standard InChI is InChI=1S/C38H66N4O2/c1-9-29(5)35(23-39-36(27-43)30(6)10-2)41-44-28-37(31(7)11-3)40-24-38(32(8)12-4)42(25-33-19-15-13-16-20-33)26-34-21-17-14-18-22-34/h13-22,29-32,35-41,43H,9-12,23-28H2,1-8H3/t29?,30?,31?,32?,35?,36-,37-,38?/m1/s1. The van der Waals surface area contributed by atoms with Gasteiger partial charge in [-0.25, -0.2) is 0 Å². The summed E-state index contributed by atoms with van der Waals surface area (Å²) in [4.78, 5) is 8.96. The molecule has 250 valence electrons. The van der Waals surface area contributed by atoms with Crippen molar-refractivity contribution < 1.29 is 9.94 Å². The first-order chi connectivity index (χ1) is 21.3. The highest BCUT2D eigenvalue weighted by Gasteiger charge is 2.27. The largest absolute Gasteiger partial charge is 0.395 e. The lowest BCUT2D eigenvalue weighted by molar-refractivity contribution is -0.0186. The molecule has 0 spiro atoms. The molecule has 6 heteroatoms. The number of hydrogen-bond acceptors (Lipinski definition) is 6. The molecule has 6 unspecified atom stereocenters. The molecular formula is C38H66N4O2. The molecule has 2 aromatic rings. The Kier molecular flexibility index (Phi) is 19.1. The Hall–Kier alpha value is -1.80. The Labute approximate surface area is 270 Å². The predicted octanol–water partition coefficient (Wildman–Crippen LogP) is 7.04. The van der Waals surface area contributed by atoms with E-state index in [1.807, 2.05) is 0 Å². The van der Waals surface area contributed by atoms with Gasteiger partial charge in [0.1, 0.15) is 0 Å². The van der Waals surface area contributed by atoms with Crippen molar-refractivity contribution in [1.82, 2.24) is 21.0 Å². The average Bonchev–Trinajstić information content (AvgIpc) is 3.06. The summed E-state index contributed by atoms with van der Waals surface area (Å²) in [6, 6.07) is 22.7. The van der Waals surface area contributed by atoms with Gasteiger partial charge in [0.25, 0.3) is 0 Å². The highest BCUT2D eigenvalue weighted by molar-refractivity contribution is 5.17. The third kappa shape index (κ3) is 13.3. The van der Waals surface area contributed by atoms with Gasteiger partial charge in [-0.05, 0) is 34.8 Å². The van der Waals surface area contributed by atoms with Gasteiger partial charge in [-0.3, -0.25) is 9.74 Å². The van der Waals surface area contributed by atoms with Crippen molar-refractivity contribution in [2.45, 2.75) is 118 Å². The molecule has 2 aromatic carbocycles. The number of hydrogen-bond donors (Lipinski definition) is 4. The van der Waals surface area contributed by atoms with Crippen LogP contribution in [0.15, 0.2) is 60.7 Å². The first-order valence-corrected chi connectivity index (χ1v) is 17.5. The maximum Gasteiger partial charge on any atom is 0.0838 e. The Bertz CT molecular complexity index is 920. The molecule has 0 aliphatic rings. The molecule has 0 aliphatic heterocycles. The molecule has 0 aliphatic carbocycles. The summed E-state index contributed by atoms with van der Waals surface area (Å²) < 4.78 is 0. The first-order valence-electron chi connectivity index (χ1n) is 17.5. The van der Waals surface area contributed by atoms with Crippen LogP contribution in [0.1, 0.15) is 92.2 Å². The van der Waals surface area contributed by atoms with E-state index in [2.05, 4.69) is 137 Å². The number of aliphatic hydroxyl groups is 1. The van der Waals surface area contributed by atoms with E-state index in [1.54, 1.807) is 0 Å². The van der Waals surface area contributed by atoms with Crippen molar-refractivity contribution in [3.05, 3.63) is 71.8 Å². The quantitative estimate of drug-likeness (QED) is 0.0957. The van der Waals surface area contributed by atoms with E-state index in [9.17, 15) is 5.11 Å². The molecule has 0 heterocycles. The lowest BCUT2D eigenvalue weighted by Gasteiger charge is -2.38. The minimum Gasteiger partial charge on any atom is -0.395 e. The molecular weight excluding hydrogens is 544 g/mol. The predicted molar refractivity (Wildman–Crippen MR) is 187 cm³/mol. The molecule has 44 heavy (non-hydrogen) atoms. The highest BCUT2D eigenvalue weighted by Crippen LogP contribution is 2.21. The van der Waals surface area contributed by atoms with Gasteiger partial charge in [0.05, 0.1) is 13.2 Å². The van der Waals surface area contributed by atoms with Gasteiger partial charge in [0, 0.05) is 50.3 Å². The van der Waals surface area contributed by atoms with Crippen molar-refractivity contribution in [3.8, 4) is 0 Å². The van der Waals surface area contributed by atoms with Gasteiger partial charge in [0.2, 0.25) is 0 Å². The summed E-state index contributed by atoms with van der Waals surface area (Å²) in [6.45, 7) is 22.5. The molecule has 0 bridgehead atoms. The van der Waals surface area contributed by atoms with Crippen LogP contribution in [0.5, 0.6) is 0 Å². The van der Waals surface area contributed by atoms with Crippen LogP contribution in [0.2, 0.25) is 0 Å². The maximum atomic E-state index is 9.91. The normalized spacial score (nSPS) is 17.5. The SMILES string of the molecule is CCC(C)C(CN[C@H](CO)C(C)CC)NOC[C@@H](NCC(C(C)CC)N(Cc1ccccc1)Cc1ccccc1)C(C)CC. The van der Waals surface area contributed by atoms with Crippen molar-refractivity contribution in [1.29, 1.82) is 0 Å². The topological polar surface area (TPSA) is 68.8 Å². The van der Waals surface area contributed by atoms with E-state index < -0.39 is 0 Å². The number of aliphatic hydroxyl groups excluding tert-OH is 1. The summed E-state index contributed by atoms with van der Waals surface area (Å²) >= 11 is 0. The van der Waals surface area contributed by atoms with Crippen molar-refractivity contribution in [3.63, 3.8) is 0 Å². The molecule has 8 atom stereocenters. The van der Waals surface area contributed by atoms with E-state index in [4.69, 9.17) is 4.84 Å². The number of rotatable bonds is 24. The Balaban J connectivity index is 2.13. The van der Waals surface area contributed by atoms with Crippen molar-refractivity contribution in [2.24, 2.45) is 23.7 Å². The van der Waals surface area contributed by atoms with Crippen LogP contribution in [0, 0.1) is 23.7 Å². The minimum atomic E-state index is 0.107. The number of nitrogens with zero attached hydrogens (tertiary/aromatic N) is 1. The van der Waals surface area contributed by atoms with Gasteiger partial charge in [0.15, 0.2) is 0 Å². The van der Waals surface area contributed by atoms with Crippen molar-refractivity contribution in [2.75, 3.05) is 26.3 Å². The fraction of sp³-hybridized carbons (Fsp3) is 0.684. The van der Waals surface area contributed by atoms with E-state index in [0.717, 1.165) is 51.9 Å². The third-order valence-corrected chi connectivity index (χ3v) is 10.1. The monoisotopic (exact) mass is 611 g/mol. The molecule has 0 saturated heterocycles. The van der Waals surface area contributed by atoms with Gasteiger partial charge in [-0.2, -0.15) is 5.48 Å². The molecule has 0 saturated carbocycles. The van der Waals surface area contributed by atoms with Crippen LogP contribution in [0.3, 0.4) is 0 Å². The van der Waals surface area contributed by atoms with Gasteiger partial charge < -0.3 is 15.7 Å². The second-order valence-electron chi connectivity index (χ2n) is 13.2. The average molecular weight is 611 g/mol. The molecule has 4 N–H and O–H groups in total. The summed E-state index contributed by atoms with van der Waals surface area (Å²) in [5, 5.41) is 17.5. The molecule has 0 radical (unpaired) electrons. The first kappa shape index (κ1) is 38.4. The molecule has 2 rings (SSSR count). The number of benzene rings is 2. The summed E-state index contributed by atoms with van der Waals surface area (Å²) in [5.41, 5.74) is 6.13. The minimum absolute atomic E-state index is 0.107. The van der Waals surface area contributed by atoms with Crippen LogP contribution in [-0.2, 0) is 17.9 Å². The van der Waals surface area contributed by atoms with Crippen molar-refractivity contribution >= 4 is 0 Å². The van der Waals surface area contributed by atoms with E-state index >= 15 is 0 Å². The summed E-state index contributed by atoms with van der Waals surface area (Å²) in [5.74, 6) is 1.90. The zero-order chi connectivity index (χ0) is 32.3. The van der Waals surface area contributed by atoms with E-state index in [0.29, 0.717) is 36.3 Å². The number of hydroxylamine groups is 1. The van der Waals surface area contributed by atoms with Gasteiger partial charge in [-0.1, -0.05) is 142 Å². The Morgan fingerprint density at radius 3 is 1.55 bits per heavy atom. The van der Waals surface area contributed by atoms with Gasteiger partial charge >= 0.3 is 0 Å². The number of nitrogens with one attached hydrogen (secondary N) is 3. The Morgan fingerprint density at radius 2 is 1.07 bits per heavy atom. The van der Waals surface area contributed by atoms with Crippen LogP contribution >= 0.6 is 0 Å². The zero-order valence-electron chi connectivity index (χ0n) is 29.3. The van der Waals surface area contributed by atoms with E-state index in [-0.39, 0.29) is 24.7 Å². The van der Waals surface area contributed by atoms with Crippen LogP contribution < -0.4 is 16.1 Å². The molecule has 0 fully saturated rings. The molecule has 0 amide bonds. The van der Waals surface area contributed by atoms with Crippen LogP contribution in [-0.4, -0.2) is 60.5 Å². The second kappa shape index (κ2) is 21.9. The van der Waals surface area contributed by atoms with Crippen LogP contribution in [0.25, 0.3) is 0 Å². The lowest BCUT2D eigenvalue weighted by Crippen LogP contribution is -2.52. The fourth-order valence-electron chi connectivity index (χ4n) is 5.77. The zero-order valence-corrected chi connectivity index (χ0v) is 29.3. The van der Waals surface area contributed by atoms with Crippen LogP contribution in [0.4, 0.5) is 0 Å². The maximum absolute atomic E-state index is 9.91. The second-order valence-corrected chi connectivity index (χ2v) is 13.2. The highest BCUT2D eigenvalue weighted by atomic mass is 16.6.